The molecule has 0 aromatic carbocycles. The number of ketones is 1. The van der Waals surface area contributed by atoms with E-state index in [2.05, 4.69) is 0 Å². The second kappa shape index (κ2) is 14.5. The molecule has 1 aliphatic carbocycles. The molecular formula is C28H44O5. The van der Waals surface area contributed by atoms with Crippen LogP contribution in [0.1, 0.15) is 85.0 Å². The highest BCUT2D eigenvalue weighted by Gasteiger charge is 2.30. The number of carbonyl (C=O) groups excluding carboxylic acids is 2. The second-order valence-electron chi connectivity index (χ2n) is 9.88. The van der Waals surface area contributed by atoms with Gasteiger partial charge in [-0.2, -0.15) is 0 Å². The van der Waals surface area contributed by atoms with Gasteiger partial charge in [-0.15, -0.1) is 0 Å². The van der Waals surface area contributed by atoms with E-state index in [0.717, 1.165) is 30.8 Å². The van der Waals surface area contributed by atoms with Gasteiger partial charge in [0, 0.05) is 25.5 Å². The molecule has 2 aliphatic rings. The summed E-state index contributed by atoms with van der Waals surface area (Å²) in [5.74, 6) is -0.204. The van der Waals surface area contributed by atoms with E-state index in [0.29, 0.717) is 12.8 Å². The molecule has 0 radical (unpaired) electrons. The molecule has 186 valence electrons. The molecule has 0 aromatic heterocycles. The SMILES string of the molecule is CO[C@H]1/C=C/CC/C=C/C(=O)O[C@@H]([C@@H](C)C(=O)CCCC2CCCCC2)/C(C)=C\[C@H](C)[C@H]1O. The first-order valence-electron chi connectivity index (χ1n) is 12.8. The van der Waals surface area contributed by atoms with Crippen LogP contribution in [0.25, 0.3) is 0 Å². The fourth-order valence-electron chi connectivity index (χ4n) is 5.03. The third kappa shape index (κ3) is 9.21. The summed E-state index contributed by atoms with van der Waals surface area (Å²) in [7, 11) is 1.59. The summed E-state index contributed by atoms with van der Waals surface area (Å²) < 4.78 is 11.2. The van der Waals surface area contributed by atoms with E-state index in [-0.39, 0.29) is 11.7 Å². The van der Waals surface area contributed by atoms with E-state index in [1.807, 2.05) is 39.0 Å². The van der Waals surface area contributed by atoms with Crippen LogP contribution in [0.4, 0.5) is 0 Å². The normalized spacial score (nSPS) is 32.6. The van der Waals surface area contributed by atoms with E-state index >= 15 is 0 Å². The molecule has 0 aromatic rings. The summed E-state index contributed by atoms with van der Waals surface area (Å²) in [4.78, 5) is 25.5. The number of carbonyl (C=O) groups is 2. The molecule has 33 heavy (non-hydrogen) atoms. The standard InChI is InChI=1S/C28H44O5/c1-20-19-21(2)28(22(3)24(29)16-12-15-23-13-8-7-9-14-23)33-26(30)18-11-6-5-10-17-25(32-4)27(20)31/h10-11,17-20,22-23,25,27-28,31H,5-9,12-16H2,1-4H3/b17-10+,18-11+,21-19-/t20-,22-,25-,27+,28+/m0/s1. The molecule has 0 spiro atoms. The molecule has 0 saturated heterocycles. The molecule has 0 amide bonds. The number of aliphatic hydroxyl groups is 1. The lowest BCUT2D eigenvalue weighted by Crippen LogP contribution is -2.34. The van der Waals surface area contributed by atoms with Crippen molar-refractivity contribution in [2.24, 2.45) is 17.8 Å². The Morgan fingerprint density at radius 1 is 1.21 bits per heavy atom. The van der Waals surface area contributed by atoms with Crippen LogP contribution in [0.3, 0.4) is 0 Å². The van der Waals surface area contributed by atoms with Gasteiger partial charge in [0.2, 0.25) is 0 Å². The fourth-order valence-corrected chi connectivity index (χ4v) is 5.03. The highest BCUT2D eigenvalue weighted by Crippen LogP contribution is 2.29. The van der Waals surface area contributed by atoms with E-state index < -0.39 is 30.2 Å². The van der Waals surface area contributed by atoms with E-state index in [9.17, 15) is 14.7 Å². The molecule has 2 rings (SSSR count). The van der Waals surface area contributed by atoms with Gasteiger partial charge in [-0.3, -0.25) is 4.79 Å². The molecule has 0 unspecified atom stereocenters. The fraction of sp³-hybridized carbons (Fsp3) is 0.714. The second-order valence-corrected chi connectivity index (χ2v) is 9.88. The van der Waals surface area contributed by atoms with Crippen LogP contribution in [0.2, 0.25) is 0 Å². The summed E-state index contributed by atoms with van der Waals surface area (Å²) in [6.45, 7) is 5.64. The Balaban J connectivity index is 2.12. The monoisotopic (exact) mass is 460 g/mol. The van der Waals surface area contributed by atoms with E-state index in [4.69, 9.17) is 9.47 Å². The van der Waals surface area contributed by atoms with Gasteiger partial charge in [0.1, 0.15) is 18.0 Å². The largest absolute Gasteiger partial charge is 0.454 e. The Hall–Kier alpha value is -1.72. The van der Waals surface area contributed by atoms with Crippen LogP contribution in [-0.2, 0) is 19.1 Å². The first-order valence-corrected chi connectivity index (χ1v) is 12.8. The number of rotatable bonds is 7. The van der Waals surface area contributed by atoms with Crippen molar-refractivity contribution >= 4 is 11.8 Å². The zero-order valence-corrected chi connectivity index (χ0v) is 21.0. The molecule has 1 N–H and O–H groups in total. The molecule has 1 aliphatic heterocycles. The quantitative estimate of drug-likeness (QED) is 0.389. The number of methoxy groups -OCH3 is 1. The average molecular weight is 461 g/mol. The molecule has 1 fully saturated rings. The molecule has 1 saturated carbocycles. The van der Waals surface area contributed by atoms with Gasteiger partial charge >= 0.3 is 5.97 Å². The van der Waals surface area contributed by atoms with Crippen molar-refractivity contribution in [2.45, 2.75) is 103 Å². The Kier molecular flexibility index (Phi) is 12.1. The molecule has 5 nitrogen and oxygen atoms in total. The van der Waals surface area contributed by atoms with Gasteiger partial charge in [0.15, 0.2) is 0 Å². The predicted molar refractivity (Wildman–Crippen MR) is 132 cm³/mol. The summed E-state index contributed by atoms with van der Waals surface area (Å²) in [6.07, 6.45) is 17.7. The third-order valence-electron chi connectivity index (χ3n) is 7.17. The van der Waals surface area contributed by atoms with Crippen molar-refractivity contribution in [3.8, 4) is 0 Å². The smallest absolute Gasteiger partial charge is 0.331 e. The van der Waals surface area contributed by atoms with Crippen molar-refractivity contribution < 1.29 is 24.2 Å². The topological polar surface area (TPSA) is 72.8 Å². The Morgan fingerprint density at radius 3 is 2.61 bits per heavy atom. The Labute approximate surface area is 200 Å². The molecular weight excluding hydrogens is 416 g/mol. The van der Waals surface area contributed by atoms with Gasteiger partial charge in [-0.1, -0.05) is 76.7 Å². The first kappa shape index (κ1) is 27.5. The summed E-state index contributed by atoms with van der Waals surface area (Å²) in [5.41, 5.74) is 0.785. The maximum absolute atomic E-state index is 13.0. The highest BCUT2D eigenvalue weighted by atomic mass is 16.5. The number of hydrogen-bond acceptors (Lipinski definition) is 5. The maximum Gasteiger partial charge on any atom is 0.331 e. The van der Waals surface area contributed by atoms with Crippen molar-refractivity contribution in [2.75, 3.05) is 7.11 Å². The number of cyclic esters (lactones) is 1. The molecule has 5 heteroatoms. The lowest BCUT2D eigenvalue weighted by atomic mass is 9.84. The van der Waals surface area contributed by atoms with Crippen LogP contribution in [0.15, 0.2) is 36.0 Å². The van der Waals surface area contributed by atoms with E-state index in [1.165, 1.54) is 38.2 Å². The van der Waals surface area contributed by atoms with Gasteiger partial charge < -0.3 is 14.6 Å². The summed E-state index contributed by atoms with van der Waals surface area (Å²) in [6, 6.07) is 0. The lowest BCUT2D eigenvalue weighted by molar-refractivity contribution is -0.145. The average Bonchev–Trinajstić information content (AvgIpc) is 2.81. The van der Waals surface area contributed by atoms with Crippen molar-refractivity contribution in [1.29, 1.82) is 0 Å². The van der Waals surface area contributed by atoms with Crippen molar-refractivity contribution in [1.82, 2.24) is 0 Å². The van der Waals surface area contributed by atoms with E-state index in [1.54, 1.807) is 13.2 Å². The van der Waals surface area contributed by atoms with Crippen LogP contribution < -0.4 is 0 Å². The minimum absolute atomic E-state index is 0.132. The van der Waals surface area contributed by atoms with Gasteiger partial charge in [-0.05, 0) is 37.7 Å². The Morgan fingerprint density at radius 2 is 1.91 bits per heavy atom. The summed E-state index contributed by atoms with van der Waals surface area (Å²) >= 11 is 0. The van der Waals surface area contributed by atoms with Crippen molar-refractivity contribution in [3.05, 3.63) is 36.0 Å². The molecule has 1 heterocycles. The minimum atomic E-state index is -0.738. The zero-order chi connectivity index (χ0) is 24.2. The zero-order valence-electron chi connectivity index (χ0n) is 21.0. The van der Waals surface area contributed by atoms with Gasteiger partial charge in [0.25, 0.3) is 0 Å². The maximum atomic E-state index is 13.0. The third-order valence-corrected chi connectivity index (χ3v) is 7.17. The minimum Gasteiger partial charge on any atom is -0.454 e. The number of ether oxygens (including phenoxy) is 2. The first-order chi connectivity index (χ1) is 15.8. The molecule has 5 atom stereocenters. The predicted octanol–water partition coefficient (Wildman–Crippen LogP) is 5.72. The van der Waals surface area contributed by atoms with Crippen LogP contribution in [0.5, 0.6) is 0 Å². The number of esters is 1. The lowest BCUT2D eigenvalue weighted by Gasteiger charge is -2.27. The van der Waals surface area contributed by atoms with Crippen LogP contribution in [0, 0.1) is 17.8 Å². The number of aliphatic hydroxyl groups excluding tert-OH is 1. The van der Waals surface area contributed by atoms with Crippen molar-refractivity contribution in [3.63, 3.8) is 0 Å². The van der Waals surface area contributed by atoms with Gasteiger partial charge in [0.05, 0.1) is 12.0 Å². The summed E-state index contributed by atoms with van der Waals surface area (Å²) in [5, 5.41) is 10.8. The van der Waals surface area contributed by atoms with Gasteiger partial charge in [-0.25, -0.2) is 4.79 Å². The highest BCUT2D eigenvalue weighted by molar-refractivity contribution is 5.84. The number of Topliss-reactive ketones (excluding diaryl/α,β-unsaturated/α-hetero) is 1. The number of hydrogen-bond donors (Lipinski definition) is 1. The Bertz CT molecular complexity index is 701. The van der Waals surface area contributed by atoms with Crippen LogP contribution in [-0.4, -0.2) is 42.3 Å². The number of allylic oxidation sites excluding steroid dienone is 2. The molecule has 0 bridgehead atoms. The van der Waals surface area contributed by atoms with Crippen LogP contribution >= 0.6 is 0 Å².